The van der Waals surface area contributed by atoms with Crippen LogP contribution in [-0.2, 0) is 7.05 Å². The number of fused-ring (bicyclic) bond motifs is 1. The molecule has 0 spiro atoms. The molecular formula is C19H19Cl2N5O. The highest BCUT2D eigenvalue weighted by atomic mass is 35.5. The molecule has 0 bridgehead atoms. The zero-order valence-electron chi connectivity index (χ0n) is 15.0. The number of aromatic nitrogens is 3. The van der Waals surface area contributed by atoms with E-state index in [1.807, 2.05) is 18.2 Å². The van der Waals surface area contributed by atoms with E-state index in [9.17, 15) is 4.79 Å². The van der Waals surface area contributed by atoms with Crippen LogP contribution in [0.4, 0.5) is 17.2 Å². The Hall–Kier alpha value is -2.31. The molecule has 1 saturated carbocycles. The number of benzene rings is 1. The van der Waals surface area contributed by atoms with Crippen molar-refractivity contribution in [3.8, 4) is 0 Å². The molecule has 2 N–H and O–H groups in total. The van der Waals surface area contributed by atoms with Crippen LogP contribution in [0.2, 0.25) is 10.3 Å². The number of halogens is 2. The molecule has 0 amide bonds. The van der Waals surface area contributed by atoms with Crippen molar-refractivity contribution in [3.05, 3.63) is 51.1 Å². The van der Waals surface area contributed by atoms with Gasteiger partial charge >= 0.3 is 0 Å². The maximum absolute atomic E-state index is 12.3. The van der Waals surface area contributed by atoms with Crippen LogP contribution in [0.15, 0.2) is 35.3 Å². The smallest absolute Gasteiger partial charge is 0.252 e. The third-order valence-corrected chi connectivity index (χ3v) is 5.39. The van der Waals surface area contributed by atoms with Crippen LogP contribution in [0.5, 0.6) is 0 Å². The molecule has 6 nitrogen and oxygen atoms in total. The molecule has 1 aromatic carbocycles. The van der Waals surface area contributed by atoms with Gasteiger partial charge in [0, 0.05) is 35.9 Å². The van der Waals surface area contributed by atoms with E-state index in [4.69, 9.17) is 23.2 Å². The summed E-state index contributed by atoms with van der Waals surface area (Å²) in [5, 5.41) is 8.13. The standard InChI is InChI=1S/C19H19Cl2N5O/c1-10(11-3-4-11)23-15-8-17(27)26(2)16-6-5-12(7-13(15)16)24-18-14(20)9-22-19(21)25-18/h5-11,23H,3-4H2,1-2H3,(H,22,24,25)/t10-/m1/s1. The van der Waals surface area contributed by atoms with Gasteiger partial charge in [-0.25, -0.2) is 4.98 Å². The van der Waals surface area contributed by atoms with Crippen LogP contribution < -0.4 is 16.2 Å². The van der Waals surface area contributed by atoms with E-state index in [1.54, 1.807) is 17.7 Å². The number of nitrogens with one attached hydrogen (secondary N) is 2. The summed E-state index contributed by atoms with van der Waals surface area (Å²) < 4.78 is 1.64. The van der Waals surface area contributed by atoms with Gasteiger partial charge in [-0.05, 0) is 55.5 Å². The Morgan fingerprint density at radius 1 is 1.26 bits per heavy atom. The summed E-state index contributed by atoms with van der Waals surface area (Å²) in [6.45, 7) is 2.16. The molecule has 2 heterocycles. The van der Waals surface area contributed by atoms with Gasteiger partial charge in [0.25, 0.3) is 5.56 Å². The number of nitrogens with zero attached hydrogens (tertiary/aromatic N) is 3. The molecule has 8 heteroatoms. The summed E-state index contributed by atoms with van der Waals surface area (Å²) in [6, 6.07) is 7.74. The second-order valence-electron chi connectivity index (χ2n) is 6.92. The number of aryl methyl sites for hydroxylation is 1. The predicted molar refractivity (Wildman–Crippen MR) is 110 cm³/mol. The first-order chi connectivity index (χ1) is 12.9. The molecule has 2 aromatic heterocycles. The summed E-state index contributed by atoms with van der Waals surface area (Å²) in [6.07, 6.45) is 3.92. The Balaban J connectivity index is 1.76. The van der Waals surface area contributed by atoms with Gasteiger partial charge in [-0.15, -0.1) is 0 Å². The molecule has 0 aliphatic heterocycles. The molecule has 1 aliphatic rings. The van der Waals surface area contributed by atoms with E-state index in [2.05, 4.69) is 27.5 Å². The fourth-order valence-corrected chi connectivity index (χ4v) is 3.46. The van der Waals surface area contributed by atoms with Crippen molar-refractivity contribution in [1.29, 1.82) is 0 Å². The van der Waals surface area contributed by atoms with Crippen molar-refractivity contribution in [3.63, 3.8) is 0 Å². The molecule has 4 rings (SSSR count). The van der Waals surface area contributed by atoms with E-state index >= 15 is 0 Å². The summed E-state index contributed by atoms with van der Waals surface area (Å²) in [5.74, 6) is 1.11. The quantitative estimate of drug-likeness (QED) is 0.609. The van der Waals surface area contributed by atoms with E-state index in [0.29, 0.717) is 22.8 Å². The van der Waals surface area contributed by atoms with E-state index in [-0.39, 0.29) is 10.8 Å². The molecule has 0 saturated heterocycles. The molecular weight excluding hydrogens is 385 g/mol. The number of anilines is 3. The maximum atomic E-state index is 12.3. The largest absolute Gasteiger partial charge is 0.382 e. The van der Waals surface area contributed by atoms with Crippen molar-refractivity contribution in [2.75, 3.05) is 10.6 Å². The topological polar surface area (TPSA) is 71.8 Å². The fourth-order valence-electron chi connectivity index (χ4n) is 3.19. The SMILES string of the molecule is C[C@@H](Nc1cc(=O)n(C)c2ccc(Nc3nc(Cl)ncc3Cl)cc12)C1CC1. The van der Waals surface area contributed by atoms with Crippen LogP contribution in [0.1, 0.15) is 19.8 Å². The highest BCUT2D eigenvalue weighted by Crippen LogP contribution is 2.35. The number of pyridine rings is 1. The second-order valence-corrected chi connectivity index (χ2v) is 7.66. The minimum atomic E-state index is -0.0423. The first-order valence-corrected chi connectivity index (χ1v) is 9.53. The second kappa shape index (κ2) is 7.02. The van der Waals surface area contributed by atoms with Gasteiger partial charge in [-0.3, -0.25) is 4.79 Å². The van der Waals surface area contributed by atoms with Crippen LogP contribution in [0.25, 0.3) is 10.9 Å². The summed E-state index contributed by atoms with van der Waals surface area (Å²) >= 11 is 12.0. The van der Waals surface area contributed by atoms with Crippen LogP contribution in [0.3, 0.4) is 0 Å². The molecule has 27 heavy (non-hydrogen) atoms. The Kier molecular flexibility index (Phi) is 4.70. The minimum absolute atomic E-state index is 0.0423. The number of hydrogen-bond acceptors (Lipinski definition) is 5. The highest BCUT2D eigenvalue weighted by molar-refractivity contribution is 6.33. The van der Waals surface area contributed by atoms with E-state index in [1.165, 1.54) is 19.0 Å². The van der Waals surface area contributed by atoms with E-state index < -0.39 is 0 Å². The van der Waals surface area contributed by atoms with Crippen molar-refractivity contribution in [2.24, 2.45) is 13.0 Å². The van der Waals surface area contributed by atoms with Crippen molar-refractivity contribution in [2.45, 2.75) is 25.8 Å². The lowest BCUT2D eigenvalue weighted by Gasteiger charge is -2.18. The van der Waals surface area contributed by atoms with Crippen molar-refractivity contribution >= 4 is 51.3 Å². The lowest BCUT2D eigenvalue weighted by atomic mass is 10.1. The van der Waals surface area contributed by atoms with Gasteiger partial charge in [-0.1, -0.05) is 11.6 Å². The summed E-state index contributed by atoms with van der Waals surface area (Å²) in [7, 11) is 1.77. The molecule has 140 valence electrons. The zero-order chi connectivity index (χ0) is 19.1. The molecule has 1 atom stereocenters. The molecule has 0 unspecified atom stereocenters. The summed E-state index contributed by atoms with van der Waals surface area (Å²) in [4.78, 5) is 20.3. The minimum Gasteiger partial charge on any atom is -0.382 e. The Labute approximate surface area is 166 Å². The Morgan fingerprint density at radius 2 is 2.04 bits per heavy atom. The molecule has 1 aliphatic carbocycles. The fraction of sp³-hybridized carbons (Fsp3) is 0.316. The number of hydrogen-bond donors (Lipinski definition) is 2. The Bertz CT molecular complexity index is 1080. The van der Waals surface area contributed by atoms with Crippen LogP contribution in [0, 0.1) is 5.92 Å². The lowest BCUT2D eigenvalue weighted by Crippen LogP contribution is -2.22. The maximum Gasteiger partial charge on any atom is 0.252 e. The van der Waals surface area contributed by atoms with Crippen molar-refractivity contribution in [1.82, 2.24) is 14.5 Å². The van der Waals surface area contributed by atoms with Gasteiger partial charge in [0.1, 0.15) is 5.02 Å². The van der Waals surface area contributed by atoms with Gasteiger partial charge < -0.3 is 15.2 Å². The zero-order valence-corrected chi connectivity index (χ0v) is 16.5. The van der Waals surface area contributed by atoms with E-state index in [0.717, 1.165) is 22.3 Å². The monoisotopic (exact) mass is 403 g/mol. The molecule has 1 fully saturated rings. The normalized spacial score (nSPS) is 15.0. The molecule has 0 radical (unpaired) electrons. The van der Waals surface area contributed by atoms with Gasteiger partial charge in [-0.2, -0.15) is 4.98 Å². The molecule has 3 aromatic rings. The highest BCUT2D eigenvalue weighted by Gasteiger charge is 2.28. The van der Waals surface area contributed by atoms with Gasteiger partial charge in [0.05, 0.1) is 11.7 Å². The van der Waals surface area contributed by atoms with Crippen LogP contribution >= 0.6 is 23.2 Å². The third kappa shape index (κ3) is 3.73. The third-order valence-electron chi connectivity index (χ3n) is 4.94. The Morgan fingerprint density at radius 3 is 2.78 bits per heavy atom. The van der Waals surface area contributed by atoms with Gasteiger partial charge in [0.15, 0.2) is 5.82 Å². The van der Waals surface area contributed by atoms with Gasteiger partial charge in [0.2, 0.25) is 5.28 Å². The summed E-state index contributed by atoms with van der Waals surface area (Å²) in [5.41, 5.74) is 2.44. The average Bonchev–Trinajstić information content (AvgIpc) is 3.48. The first-order valence-electron chi connectivity index (χ1n) is 8.78. The van der Waals surface area contributed by atoms with Crippen molar-refractivity contribution < 1.29 is 0 Å². The number of rotatable bonds is 5. The predicted octanol–water partition coefficient (Wildman–Crippen LogP) is 4.59. The first kappa shape index (κ1) is 18.1. The lowest BCUT2D eigenvalue weighted by molar-refractivity contribution is 0.694. The average molecular weight is 404 g/mol. The van der Waals surface area contributed by atoms with Crippen LogP contribution in [-0.4, -0.2) is 20.6 Å².